The van der Waals surface area contributed by atoms with Crippen molar-refractivity contribution >= 4 is 12.0 Å². The number of nitrogens with one attached hydrogen (secondary N) is 1. The van der Waals surface area contributed by atoms with Crippen molar-refractivity contribution in [2.24, 2.45) is 5.73 Å². The Bertz CT molecular complexity index is 665. The van der Waals surface area contributed by atoms with E-state index in [0.29, 0.717) is 5.56 Å². The van der Waals surface area contributed by atoms with Crippen molar-refractivity contribution < 1.29 is 14.7 Å². The molecule has 1 atom stereocenters. The minimum absolute atomic E-state index is 0.471. The number of hydrogen-bond acceptors (Lipinski definition) is 2. The Hall–Kier alpha value is -2.82. The number of urea groups is 1. The van der Waals surface area contributed by atoms with Gasteiger partial charge in [0.05, 0.1) is 0 Å². The number of nitrogens with two attached hydrogens (primary N) is 1. The molecule has 0 aliphatic rings. The number of aliphatic carboxylic acids is 1. The maximum atomic E-state index is 11.2. The lowest BCUT2D eigenvalue weighted by Gasteiger charge is -2.14. The van der Waals surface area contributed by atoms with E-state index in [-0.39, 0.29) is 0 Å². The molecule has 2 amide bonds. The minimum Gasteiger partial charge on any atom is -0.479 e. The highest BCUT2D eigenvalue weighted by molar-refractivity contribution is 5.83. The van der Waals surface area contributed by atoms with Crippen molar-refractivity contribution in [3.63, 3.8) is 0 Å². The summed E-state index contributed by atoms with van der Waals surface area (Å²) in [5.74, 6) is -1.16. The van der Waals surface area contributed by atoms with Crippen LogP contribution in [0, 0.1) is 6.92 Å². The van der Waals surface area contributed by atoms with Gasteiger partial charge in [-0.25, -0.2) is 9.59 Å². The third kappa shape index (κ3) is 3.39. The lowest BCUT2D eigenvalue weighted by atomic mass is 9.98. The number of rotatable bonds is 4. The Morgan fingerprint density at radius 3 is 2.24 bits per heavy atom. The zero-order chi connectivity index (χ0) is 15.4. The molecule has 5 heteroatoms. The van der Waals surface area contributed by atoms with Gasteiger partial charge in [0.2, 0.25) is 0 Å². The van der Waals surface area contributed by atoms with E-state index in [1.165, 1.54) is 0 Å². The molecule has 0 saturated heterocycles. The number of carboxylic acid groups (broad SMARTS) is 1. The summed E-state index contributed by atoms with van der Waals surface area (Å²) in [6.07, 6.45) is 0. The van der Waals surface area contributed by atoms with Crippen LogP contribution in [0.3, 0.4) is 0 Å². The SMILES string of the molecule is Cc1ccccc1-c1ccc(C(NC(N)=O)C(=O)O)cc1. The number of carbonyl (C=O) groups excluding carboxylic acids is 1. The Labute approximate surface area is 122 Å². The second-order valence-electron chi connectivity index (χ2n) is 4.72. The molecule has 0 aliphatic carbocycles. The summed E-state index contributed by atoms with van der Waals surface area (Å²) < 4.78 is 0. The van der Waals surface area contributed by atoms with E-state index in [1.807, 2.05) is 43.3 Å². The van der Waals surface area contributed by atoms with Crippen molar-refractivity contribution in [2.75, 3.05) is 0 Å². The van der Waals surface area contributed by atoms with Crippen molar-refractivity contribution in [2.45, 2.75) is 13.0 Å². The molecule has 0 heterocycles. The molecule has 0 saturated carbocycles. The fourth-order valence-electron chi connectivity index (χ4n) is 2.18. The molecule has 108 valence electrons. The van der Waals surface area contributed by atoms with Crippen LogP contribution in [0.25, 0.3) is 11.1 Å². The van der Waals surface area contributed by atoms with Gasteiger partial charge in [-0.15, -0.1) is 0 Å². The molecule has 0 spiro atoms. The van der Waals surface area contributed by atoms with Gasteiger partial charge in [0.25, 0.3) is 0 Å². The summed E-state index contributed by atoms with van der Waals surface area (Å²) in [5.41, 5.74) is 8.67. The highest BCUT2D eigenvalue weighted by Gasteiger charge is 2.20. The van der Waals surface area contributed by atoms with Gasteiger partial charge < -0.3 is 16.2 Å². The van der Waals surface area contributed by atoms with Crippen LogP contribution in [0.1, 0.15) is 17.2 Å². The van der Waals surface area contributed by atoms with Crippen LogP contribution in [0.4, 0.5) is 4.79 Å². The molecule has 2 rings (SSSR count). The molecular weight excluding hydrogens is 268 g/mol. The largest absolute Gasteiger partial charge is 0.479 e. The molecule has 21 heavy (non-hydrogen) atoms. The maximum Gasteiger partial charge on any atom is 0.330 e. The molecule has 2 aromatic carbocycles. The Kier molecular flexibility index (Phi) is 4.23. The van der Waals surface area contributed by atoms with E-state index in [4.69, 9.17) is 10.8 Å². The van der Waals surface area contributed by atoms with E-state index in [2.05, 4.69) is 5.32 Å². The summed E-state index contributed by atoms with van der Waals surface area (Å²) in [6, 6.07) is 12.9. The number of benzene rings is 2. The summed E-state index contributed by atoms with van der Waals surface area (Å²) in [7, 11) is 0. The molecule has 0 aliphatic heterocycles. The molecule has 0 aromatic heterocycles. The second kappa shape index (κ2) is 6.09. The Morgan fingerprint density at radius 1 is 1.10 bits per heavy atom. The average Bonchev–Trinajstić information content (AvgIpc) is 2.45. The molecule has 5 nitrogen and oxygen atoms in total. The molecule has 1 unspecified atom stereocenters. The topological polar surface area (TPSA) is 92.4 Å². The normalized spacial score (nSPS) is 11.7. The van der Waals surface area contributed by atoms with Gasteiger partial charge in [0.15, 0.2) is 6.04 Å². The highest BCUT2D eigenvalue weighted by atomic mass is 16.4. The van der Waals surface area contributed by atoms with Crippen LogP contribution in [0.5, 0.6) is 0 Å². The van der Waals surface area contributed by atoms with Crippen LogP contribution in [0.2, 0.25) is 0 Å². The van der Waals surface area contributed by atoms with E-state index >= 15 is 0 Å². The average molecular weight is 284 g/mol. The van der Waals surface area contributed by atoms with E-state index in [0.717, 1.165) is 16.7 Å². The van der Waals surface area contributed by atoms with Gasteiger partial charge in [-0.05, 0) is 29.2 Å². The molecule has 0 bridgehead atoms. The minimum atomic E-state index is -1.16. The number of aryl methyl sites for hydroxylation is 1. The van der Waals surface area contributed by atoms with Gasteiger partial charge in [0, 0.05) is 0 Å². The number of carboxylic acids is 1. The quantitative estimate of drug-likeness (QED) is 0.805. The molecule has 2 aromatic rings. The van der Waals surface area contributed by atoms with Crippen molar-refractivity contribution in [3.8, 4) is 11.1 Å². The van der Waals surface area contributed by atoms with Crippen molar-refractivity contribution in [3.05, 3.63) is 59.7 Å². The molecule has 0 fully saturated rings. The number of hydrogen-bond donors (Lipinski definition) is 3. The molecule has 4 N–H and O–H groups in total. The monoisotopic (exact) mass is 284 g/mol. The zero-order valence-corrected chi connectivity index (χ0v) is 11.5. The van der Waals surface area contributed by atoms with Gasteiger partial charge in [0.1, 0.15) is 0 Å². The fraction of sp³-hybridized carbons (Fsp3) is 0.125. The van der Waals surface area contributed by atoms with E-state index in [9.17, 15) is 9.59 Å². The van der Waals surface area contributed by atoms with Gasteiger partial charge in [-0.2, -0.15) is 0 Å². The van der Waals surface area contributed by atoms with Gasteiger partial charge in [-0.1, -0.05) is 48.5 Å². The van der Waals surface area contributed by atoms with Gasteiger partial charge >= 0.3 is 12.0 Å². The Morgan fingerprint density at radius 2 is 1.71 bits per heavy atom. The zero-order valence-electron chi connectivity index (χ0n) is 11.5. The lowest BCUT2D eigenvalue weighted by molar-refractivity contribution is -0.139. The number of primary amides is 1. The lowest BCUT2D eigenvalue weighted by Crippen LogP contribution is -2.37. The van der Waals surface area contributed by atoms with Crippen LogP contribution in [-0.4, -0.2) is 17.1 Å². The molecular formula is C16H16N2O3. The highest BCUT2D eigenvalue weighted by Crippen LogP contribution is 2.25. The summed E-state index contributed by atoms with van der Waals surface area (Å²) in [5, 5.41) is 11.3. The predicted octanol–water partition coefficient (Wildman–Crippen LogP) is 2.46. The number of carbonyl (C=O) groups is 2. The van der Waals surface area contributed by atoms with Crippen LogP contribution in [0.15, 0.2) is 48.5 Å². The van der Waals surface area contributed by atoms with Crippen molar-refractivity contribution in [1.82, 2.24) is 5.32 Å². The first-order valence-electron chi connectivity index (χ1n) is 6.44. The second-order valence-corrected chi connectivity index (χ2v) is 4.72. The van der Waals surface area contributed by atoms with Crippen LogP contribution < -0.4 is 11.1 Å². The standard InChI is InChI=1S/C16H16N2O3/c1-10-4-2-3-5-13(10)11-6-8-12(9-7-11)14(15(19)20)18-16(17)21/h2-9,14H,1H3,(H,19,20)(H3,17,18,21). The molecule has 0 radical (unpaired) electrons. The van der Waals surface area contributed by atoms with Gasteiger partial charge in [-0.3, -0.25) is 0 Å². The van der Waals surface area contributed by atoms with Crippen LogP contribution >= 0.6 is 0 Å². The third-order valence-electron chi connectivity index (χ3n) is 3.23. The van der Waals surface area contributed by atoms with E-state index in [1.54, 1.807) is 12.1 Å². The summed E-state index contributed by atoms with van der Waals surface area (Å²) in [6.45, 7) is 2.01. The van der Waals surface area contributed by atoms with Crippen LogP contribution in [-0.2, 0) is 4.79 Å². The Balaban J connectivity index is 2.32. The van der Waals surface area contributed by atoms with Crippen molar-refractivity contribution in [1.29, 1.82) is 0 Å². The predicted molar refractivity (Wildman–Crippen MR) is 79.7 cm³/mol. The maximum absolute atomic E-state index is 11.2. The first-order valence-corrected chi connectivity index (χ1v) is 6.44. The van der Waals surface area contributed by atoms with E-state index < -0.39 is 18.0 Å². The summed E-state index contributed by atoms with van der Waals surface area (Å²) >= 11 is 0. The first kappa shape index (κ1) is 14.6. The third-order valence-corrected chi connectivity index (χ3v) is 3.23. The number of amides is 2. The summed E-state index contributed by atoms with van der Waals surface area (Å²) in [4.78, 5) is 22.0. The smallest absolute Gasteiger partial charge is 0.330 e. The fourth-order valence-corrected chi connectivity index (χ4v) is 2.18. The first-order chi connectivity index (χ1) is 9.99.